The fraction of sp³-hybridized carbons (Fsp3) is 0.929. The van der Waals surface area contributed by atoms with E-state index in [1.165, 1.54) is 32.1 Å². The van der Waals surface area contributed by atoms with Gasteiger partial charge >= 0.3 is 0 Å². The highest BCUT2D eigenvalue weighted by Gasteiger charge is 2.15. The lowest BCUT2D eigenvalue weighted by molar-refractivity contribution is -0.122. The van der Waals surface area contributed by atoms with Crippen molar-refractivity contribution in [2.24, 2.45) is 11.7 Å². The van der Waals surface area contributed by atoms with E-state index in [2.05, 4.69) is 19.2 Å². The molecule has 4 N–H and O–H groups in total. The molecule has 1 amide bonds. The quantitative estimate of drug-likeness (QED) is 0.655. The van der Waals surface area contributed by atoms with Gasteiger partial charge in [-0.1, -0.05) is 33.1 Å². The minimum Gasteiger partial charge on any atom is -0.353 e. The van der Waals surface area contributed by atoms with Gasteiger partial charge in [-0.25, -0.2) is 4.21 Å². The van der Waals surface area contributed by atoms with Crippen LogP contribution in [0.15, 0.2) is 0 Å². The number of rotatable bonds is 6. The lowest BCUT2D eigenvalue weighted by atomic mass is 9.95. The van der Waals surface area contributed by atoms with Crippen LogP contribution >= 0.6 is 0 Å². The van der Waals surface area contributed by atoms with Gasteiger partial charge in [-0.3, -0.25) is 4.79 Å². The van der Waals surface area contributed by atoms with E-state index in [0.29, 0.717) is 37.1 Å². The molecular formula is C14H30N2O3S. The zero-order valence-corrected chi connectivity index (χ0v) is 13.6. The summed E-state index contributed by atoms with van der Waals surface area (Å²) in [4.78, 5) is 11.4. The van der Waals surface area contributed by atoms with Gasteiger partial charge in [-0.2, -0.15) is 0 Å². The van der Waals surface area contributed by atoms with Gasteiger partial charge in [-0.05, 0) is 31.7 Å². The summed E-state index contributed by atoms with van der Waals surface area (Å²) < 4.78 is 17.9. The Morgan fingerprint density at radius 1 is 1.35 bits per heavy atom. The largest absolute Gasteiger partial charge is 0.353 e. The second-order valence-electron chi connectivity index (χ2n) is 5.67. The monoisotopic (exact) mass is 306 g/mol. The highest BCUT2D eigenvalue weighted by Crippen LogP contribution is 2.17. The van der Waals surface area contributed by atoms with Crippen molar-refractivity contribution in [1.29, 1.82) is 0 Å². The summed E-state index contributed by atoms with van der Waals surface area (Å²) in [5.74, 6) is 1.02. The van der Waals surface area contributed by atoms with E-state index in [1.807, 2.05) is 0 Å². The van der Waals surface area contributed by atoms with E-state index >= 15 is 0 Å². The Morgan fingerprint density at radius 2 is 1.95 bits per heavy atom. The number of carbonyl (C=O) groups excluding carboxylic acids is 1. The van der Waals surface area contributed by atoms with Crippen molar-refractivity contribution in [3.63, 3.8) is 0 Å². The lowest BCUT2D eigenvalue weighted by Gasteiger charge is -2.23. The van der Waals surface area contributed by atoms with Crippen molar-refractivity contribution in [1.82, 2.24) is 5.32 Å². The molecule has 0 bridgehead atoms. The maximum atomic E-state index is 11.4. The maximum Gasteiger partial charge on any atom is 0.220 e. The Hall–Kier alpha value is -0.460. The average molecular weight is 306 g/mol. The Labute approximate surface area is 125 Å². The number of carbonyl (C=O) groups is 1. The van der Waals surface area contributed by atoms with Crippen LogP contribution in [0.25, 0.3) is 0 Å². The Kier molecular flexibility index (Phi) is 12.0. The number of nitrogens with two attached hydrogens (primary N) is 1. The molecule has 0 aromatic heterocycles. The van der Waals surface area contributed by atoms with Gasteiger partial charge in [0.25, 0.3) is 0 Å². The molecule has 0 radical (unpaired) electrons. The molecule has 0 aromatic carbocycles. The molecule has 0 spiro atoms. The Balaban J connectivity index is 0.000000441. The summed E-state index contributed by atoms with van der Waals surface area (Å²) in [6.07, 6.45) is 7.59. The third-order valence-electron chi connectivity index (χ3n) is 3.09. The van der Waals surface area contributed by atoms with Crippen molar-refractivity contribution >= 4 is 17.0 Å². The van der Waals surface area contributed by atoms with Crippen LogP contribution in [-0.4, -0.2) is 33.0 Å². The highest BCUT2D eigenvalue weighted by atomic mass is 32.2. The first-order valence-corrected chi connectivity index (χ1v) is 8.80. The zero-order chi connectivity index (χ0) is 15.4. The number of amides is 1. The Morgan fingerprint density at radius 3 is 2.35 bits per heavy atom. The van der Waals surface area contributed by atoms with Crippen LogP contribution in [0.1, 0.15) is 58.8 Å². The second kappa shape index (κ2) is 12.3. The number of hydrogen-bond acceptors (Lipinski definition) is 3. The van der Waals surface area contributed by atoms with Crippen molar-refractivity contribution < 1.29 is 13.6 Å². The minimum atomic E-state index is -1.65. The first kappa shape index (κ1) is 19.5. The van der Waals surface area contributed by atoms with Crippen LogP contribution < -0.4 is 11.1 Å². The molecular weight excluding hydrogens is 276 g/mol. The second-order valence-corrected chi connectivity index (χ2v) is 6.72. The molecule has 5 nitrogen and oxygen atoms in total. The fourth-order valence-electron chi connectivity index (χ4n) is 2.11. The molecule has 0 heterocycles. The molecule has 1 rings (SSSR count). The van der Waals surface area contributed by atoms with E-state index in [9.17, 15) is 9.00 Å². The smallest absolute Gasteiger partial charge is 0.220 e. The van der Waals surface area contributed by atoms with E-state index in [0.717, 1.165) is 0 Å². The first-order chi connectivity index (χ1) is 9.45. The van der Waals surface area contributed by atoms with E-state index in [1.54, 1.807) is 0 Å². The van der Waals surface area contributed by atoms with Crippen molar-refractivity contribution in [2.45, 2.75) is 64.8 Å². The standard InChI is InChI=1S/C11H21NO.C3H9NO2S/c1-9(2)8-11(13)12-10-6-4-3-5-7-10;4-2-1-3-7(5)6/h9-10H,3-8H2,1-2H3,(H,12,13);1-4H2,(H,5,6). The molecule has 1 aliphatic rings. The van der Waals surface area contributed by atoms with Crippen molar-refractivity contribution in [2.75, 3.05) is 12.3 Å². The first-order valence-electron chi connectivity index (χ1n) is 7.52. The van der Waals surface area contributed by atoms with Gasteiger partial charge in [0.15, 0.2) is 11.1 Å². The molecule has 1 atom stereocenters. The minimum absolute atomic E-state index is 0.238. The Bertz CT molecular complexity index is 280. The summed E-state index contributed by atoms with van der Waals surface area (Å²) >= 11 is -1.65. The van der Waals surface area contributed by atoms with Crippen LogP contribution in [0, 0.1) is 5.92 Å². The van der Waals surface area contributed by atoms with Gasteiger partial charge in [0.1, 0.15) is 0 Å². The van der Waals surface area contributed by atoms with Gasteiger partial charge in [0.05, 0.1) is 5.75 Å². The van der Waals surface area contributed by atoms with Crippen molar-refractivity contribution in [3.05, 3.63) is 0 Å². The predicted octanol–water partition coefficient (Wildman–Crippen LogP) is 2.04. The fourth-order valence-corrected chi connectivity index (χ4v) is 2.52. The average Bonchev–Trinajstić information content (AvgIpc) is 2.37. The molecule has 1 fully saturated rings. The normalized spacial score (nSPS) is 17.2. The molecule has 1 unspecified atom stereocenters. The molecule has 20 heavy (non-hydrogen) atoms. The van der Waals surface area contributed by atoms with Gasteiger partial charge in [-0.15, -0.1) is 0 Å². The predicted molar refractivity (Wildman–Crippen MR) is 83.8 cm³/mol. The molecule has 1 saturated carbocycles. The van der Waals surface area contributed by atoms with Gasteiger partial charge in [0.2, 0.25) is 5.91 Å². The van der Waals surface area contributed by atoms with Crippen LogP contribution in [0.4, 0.5) is 0 Å². The summed E-state index contributed by atoms with van der Waals surface area (Å²) in [7, 11) is 0. The molecule has 1 aliphatic carbocycles. The van der Waals surface area contributed by atoms with Crippen LogP contribution in [0.2, 0.25) is 0 Å². The van der Waals surface area contributed by atoms with E-state index in [4.69, 9.17) is 10.3 Å². The zero-order valence-electron chi connectivity index (χ0n) is 12.8. The van der Waals surface area contributed by atoms with Crippen LogP contribution in [0.3, 0.4) is 0 Å². The summed E-state index contributed by atoms with van der Waals surface area (Å²) in [6.45, 7) is 4.66. The summed E-state index contributed by atoms with van der Waals surface area (Å²) in [6, 6.07) is 0.472. The van der Waals surface area contributed by atoms with Gasteiger partial charge in [0, 0.05) is 12.5 Å². The maximum absolute atomic E-state index is 11.4. The number of hydrogen-bond donors (Lipinski definition) is 3. The SMILES string of the molecule is CC(C)CC(=O)NC1CCCCC1.NCCCS(=O)O. The molecule has 0 aliphatic heterocycles. The lowest BCUT2D eigenvalue weighted by Crippen LogP contribution is -2.36. The van der Waals surface area contributed by atoms with E-state index in [-0.39, 0.29) is 5.91 Å². The molecule has 6 heteroatoms. The topological polar surface area (TPSA) is 92.4 Å². The van der Waals surface area contributed by atoms with Crippen LogP contribution in [0.5, 0.6) is 0 Å². The van der Waals surface area contributed by atoms with E-state index < -0.39 is 11.1 Å². The van der Waals surface area contributed by atoms with Crippen LogP contribution in [-0.2, 0) is 15.9 Å². The molecule has 120 valence electrons. The third-order valence-corrected chi connectivity index (χ3v) is 3.72. The molecule has 0 saturated heterocycles. The van der Waals surface area contributed by atoms with Gasteiger partial charge < -0.3 is 15.6 Å². The van der Waals surface area contributed by atoms with Crippen molar-refractivity contribution in [3.8, 4) is 0 Å². The molecule has 0 aromatic rings. The third kappa shape index (κ3) is 12.6. The number of nitrogens with one attached hydrogen (secondary N) is 1. The highest BCUT2D eigenvalue weighted by molar-refractivity contribution is 7.79. The summed E-state index contributed by atoms with van der Waals surface area (Å²) in [5, 5.41) is 3.11. The summed E-state index contributed by atoms with van der Waals surface area (Å²) in [5.41, 5.74) is 5.03.